The van der Waals surface area contributed by atoms with Gasteiger partial charge in [0.15, 0.2) is 0 Å². The average molecular weight is 253 g/mol. The normalized spacial score (nSPS) is 19.8. The Bertz CT molecular complexity index is 462. The molecule has 4 nitrogen and oxygen atoms in total. The van der Waals surface area contributed by atoms with Crippen molar-refractivity contribution in [2.75, 3.05) is 6.54 Å². The summed E-state index contributed by atoms with van der Waals surface area (Å²) >= 11 is 5.89. The highest BCUT2D eigenvalue weighted by Gasteiger charge is 2.33. The van der Waals surface area contributed by atoms with Gasteiger partial charge in [0.05, 0.1) is 10.6 Å². The van der Waals surface area contributed by atoms with E-state index in [0.717, 1.165) is 6.42 Å². The topological polar surface area (TPSA) is 50.3 Å². The molecular weight excluding hydrogens is 240 g/mol. The van der Waals surface area contributed by atoms with Crippen molar-refractivity contribution in [2.45, 2.75) is 19.8 Å². The number of carbonyl (C=O) groups excluding carboxylic acids is 2. The van der Waals surface area contributed by atoms with Gasteiger partial charge in [0.2, 0.25) is 5.91 Å². The number of amides is 2. The second kappa shape index (κ2) is 4.84. The molecule has 1 saturated heterocycles. The van der Waals surface area contributed by atoms with Gasteiger partial charge in [-0.3, -0.25) is 19.5 Å². The molecular formula is C12H13ClN2O2. The predicted molar refractivity (Wildman–Crippen MR) is 63.7 cm³/mol. The lowest BCUT2D eigenvalue weighted by atomic mass is 10.1. The zero-order valence-corrected chi connectivity index (χ0v) is 10.3. The van der Waals surface area contributed by atoms with Crippen LogP contribution in [0.4, 0.5) is 0 Å². The molecule has 90 valence electrons. The molecule has 17 heavy (non-hydrogen) atoms. The van der Waals surface area contributed by atoms with Crippen LogP contribution in [0.2, 0.25) is 5.02 Å². The fourth-order valence-electron chi connectivity index (χ4n) is 1.95. The van der Waals surface area contributed by atoms with Gasteiger partial charge in [-0.05, 0) is 12.0 Å². The van der Waals surface area contributed by atoms with Gasteiger partial charge in [0, 0.05) is 25.4 Å². The van der Waals surface area contributed by atoms with E-state index in [1.165, 1.54) is 23.4 Å². The summed E-state index contributed by atoms with van der Waals surface area (Å²) < 4.78 is 0. The van der Waals surface area contributed by atoms with Gasteiger partial charge < -0.3 is 0 Å². The Morgan fingerprint density at radius 2 is 2.41 bits per heavy atom. The van der Waals surface area contributed by atoms with Crippen LogP contribution in [0, 0.1) is 5.92 Å². The predicted octanol–water partition coefficient (Wildman–Crippen LogP) is 2.13. The summed E-state index contributed by atoms with van der Waals surface area (Å²) in [6, 6.07) is 1.54. The molecule has 1 aliphatic heterocycles. The van der Waals surface area contributed by atoms with Crippen molar-refractivity contribution in [1.82, 2.24) is 9.88 Å². The third-order valence-corrected chi connectivity index (χ3v) is 3.33. The van der Waals surface area contributed by atoms with Crippen molar-refractivity contribution in [2.24, 2.45) is 5.92 Å². The number of imide groups is 1. The Hall–Kier alpha value is -1.42. The van der Waals surface area contributed by atoms with Gasteiger partial charge >= 0.3 is 0 Å². The van der Waals surface area contributed by atoms with Crippen molar-refractivity contribution < 1.29 is 9.59 Å². The second-order valence-corrected chi connectivity index (χ2v) is 4.55. The molecule has 1 aromatic rings. The monoisotopic (exact) mass is 252 g/mol. The number of nitrogens with zero attached hydrogens (tertiary/aromatic N) is 2. The van der Waals surface area contributed by atoms with Gasteiger partial charge in [0.1, 0.15) is 0 Å². The van der Waals surface area contributed by atoms with Crippen molar-refractivity contribution in [1.29, 1.82) is 0 Å². The van der Waals surface area contributed by atoms with Gasteiger partial charge in [-0.15, -0.1) is 0 Å². The quantitative estimate of drug-likeness (QED) is 0.758. The lowest BCUT2D eigenvalue weighted by Crippen LogP contribution is -2.32. The number of likely N-dealkylation sites (tertiary alicyclic amines) is 1. The Balaban J connectivity index is 2.22. The van der Waals surface area contributed by atoms with E-state index in [4.69, 9.17) is 11.6 Å². The summed E-state index contributed by atoms with van der Waals surface area (Å²) in [5.74, 6) is -0.167. The van der Waals surface area contributed by atoms with E-state index in [1.807, 2.05) is 6.92 Å². The minimum atomic E-state index is -0.321. The van der Waals surface area contributed by atoms with Gasteiger partial charge in [-0.1, -0.05) is 24.9 Å². The van der Waals surface area contributed by atoms with Gasteiger partial charge in [0.25, 0.3) is 5.91 Å². The van der Waals surface area contributed by atoms with Crippen LogP contribution in [0.15, 0.2) is 18.5 Å². The molecule has 0 saturated carbocycles. The van der Waals surface area contributed by atoms with Gasteiger partial charge in [-0.25, -0.2) is 0 Å². The molecule has 0 aliphatic carbocycles. The van der Waals surface area contributed by atoms with Crippen molar-refractivity contribution in [3.63, 3.8) is 0 Å². The first kappa shape index (κ1) is 12.0. The molecule has 1 atom stereocenters. The maximum atomic E-state index is 12.1. The maximum absolute atomic E-state index is 12.1. The molecule has 1 fully saturated rings. The Morgan fingerprint density at radius 1 is 1.65 bits per heavy atom. The lowest BCUT2D eigenvalue weighted by Gasteiger charge is -2.14. The molecule has 1 aromatic heterocycles. The van der Waals surface area contributed by atoms with Crippen LogP contribution in [0.3, 0.4) is 0 Å². The molecule has 2 heterocycles. The highest BCUT2D eigenvalue weighted by Crippen LogP contribution is 2.24. The standard InChI is InChI=1S/C12H13ClN2O2/c1-2-8-5-11(16)15(7-8)12(17)9-3-4-14-6-10(9)13/h3-4,6,8H,2,5,7H2,1H3. The van der Waals surface area contributed by atoms with Crippen LogP contribution in [-0.4, -0.2) is 28.2 Å². The Kier molecular flexibility index (Phi) is 3.43. The number of pyridine rings is 1. The second-order valence-electron chi connectivity index (χ2n) is 4.14. The van der Waals surface area contributed by atoms with E-state index in [-0.39, 0.29) is 22.8 Å². The van der Waals surface area contributed by atoms with E-state index < -0.39 is 0 Å². The molecule has 0 N–H and O–H groups in total. The Morgan fingerprint density at radius 3 is 3.00 bits per heavy atom. The maximum Gasteiger partial charge on any atom is 0.262 e. The first-order valence-electron chi connectivity index (χ1n) is 5.57. The largest absolute Gasteiger partial charge is 0.278 e. The van der Waals surface area contributed by atoms with Crippen LogP contribution in [0.25, 0.3) is 0 Å². The van der Waals surface area contributed by atoms with Crippen LogP contribution >= 0.6 is 11.6 Å². The Labute approximate surface area is 105 Å². The number of rotatable bonds is 2. The molecule has 5 heteroatoms. The third-order valence-electron chi connectivity index (χ3n) is 3.03. The number of carbonyl (C=O) groups is 2. The molecule has 0 bridgehead atoms. The van der Waals surface area contributed by atoms with Crippen LogP contribution < -0.4 is 0 Å². The zero-order valence-electron chi connectivity index (χ0n) is 9.52. The van der Waals surface area contributed by atoms with Crippen LogP contribution in [0.1, 0.15) is 30.1 Å². The minimum absolute atomic E-state index is 0.116. The summed E-state index contributed by atoms with van der Waals surface area (Å²) in [6.07, 6.45) is 4.26. The van der Waals surface area contributed by atoms with Crippen LogP contribution in [-0.2, 0) is 4.79 Å². The van der Waals surface area contributed by atoms with Crippen LogP contribution in [0.5, 0.6) is 0 Å². The number of hydrogen-bond donors (Lipinski definition) is 0. The number of hydrogen-bond acceptors (Lipinski definition) is 3. The van der Waals surface area contributed by atoms with Crippen molar-refractivity contribution in [3.8, 4) is 0 Å². The van der Waals surface area contributed by atoms with Crippen molar-refractivity contribution in [3.05, 3.63) is 29.0 Å². The first-order valence-corrected chi connectivity index (χ1v) is 5.95. The van der Waals surface area contributed by atoms with E-state index in [2.05, 4.69) is 4.98 Å². The van der Waals surface area contributed by atoms with Crippen molar-refractivity contribution >= 4 is 23.4 Å². The molecule has 2 amide bonds. The first-order chi connectivity index (χ1) is 8.13. The van der Waals surface area contributed by atoms with E-state index in [9.17, 15) is 9.59 Å². The lowest BCUT2D eigenvalue weighted by molar-refractivity contribution is -0.125. The SMILES string of the molecule is CCC1CC(=O)N(C(=O)c2ccncc2Cl)C1. The molecule has 1 unspecified atom stereocenters. The smallest absolute Gasteiger partial charge is 0.262 e. The average Bonchev–Trinajstić information content (AvgIpc) is 2.70. The van der Waals surface area contributed by atoms with E-state index >= 15 is 0 Å². The minimum Gasteiger partial charge on any atom is -0.278 e. The number of aromatic nitrogens is 1. The molecule has 0 radical (unpaired) electrons. The zero-order chi connectivity index (χ0) is 12.4. The summed E-state index contributed by atoms with van der Waals surface area (Å²) in [7, 11) is 0. The third kappa shape index (κ3) is 2.31. The fraction of sp³-hybridized carbons (Fsp3) is 0.417. The summed E-state index contributed by atoms with van der Waals surface area (Å²) in [6.45, 7) is 2.51. The highest BCUT2D eigenvalue weighted by molar-refractivity contribution is 6.34. The molecule has 1 aliphatic rings. The summed E-state index contributed by atoms with van der Waals surface area (Å²) in [5, 5.41) is 0.283. The van der Waals surface area contributed by atoms with E-state index in [0.29, 0.717) is 18.5 Å². The molecule has 0 aromatic carbocycles. The summed E-state index contributed by atoms with van der Waals surface area (Å²) in [4.78, 5) is 29.0. The van der Waals surface area contributed by atoms with Gasteiger partial charge in [-0.2, -0.15) is 0 Å². The highest BCUT2D eigenvalue weighted by atomic mass is 35.5. The molecule has 2 rings (SSSR count). The molecule has 0 spiro atoms. The van der Waals surface area contributed by atoms with E-state index in [1.54, 1.807) is 0 Å². The number of halogens is 1. The fourth-order valence-corrected chi connectivity index (χ4v) is 2.15. The summed E-state index contributed by atoms with van der Waals surface area (Å²) in [5.41, 5.74) is 0.340.